The Morgan fingerprint density at radius 3 is 2.12 bits per heavy atom. The van der Waals surface area contributed by atoms with Gasteiger partial charge in [-0.05, 0) is 19.3 Å². The Kier molecular flexibility index (Phi) is 6.92. The molecule has 16 heavy (non-hydrogen) atoms. The minimum Gasteiger partial charge on any atom is -0.480 e. The number of carboxylic acid groups (broad SMARTS) is 1. The lowest BCUT2D eigenvalue weighted by Gasteiger charge is -2.17. The summed E-state index contributed by atoms with van der Waals surface area (Å²) in [4.78, 5) is 22.5. The van der Waals surface area contributed by atoms with Crippen LogP contribution in [0.2, 0.25) is 0 Å². The van der Waals surface area contributed by atoms with E-state index in [1.54, 1.807) is 19.1 Å². The van der Waals surface area contributed by atoms with Gasteiger partial charge in [0.05, 0.1) is 0 Å². The molecule has 0 aromatic rings. The summed E-state index contributed by atoms with van der Waals surface area (Å²) >= 11 is 0. The number of carbonyl (C=O) groups is 2. The van der Waals surface area contributed by atoms with Crippen molar-refractivity contribution in [3.8, 4) is 0 Å². The zero-order chi connectivity index (χ0) is 12.6. The van der Waals surface area contributed by atoms with Crippen LogP contribution in [0.1, 0.15) is 26.2 Å². The van der Waals surface area contributed by atoms with E-state index in [-0.39, 0.29) is 11.8 Å². The molecule has 0 spiro atoms. The minimum absolute atomic E-state index is 0.256. The fraction of sp³-hybridized carbons (Fsp3) is 0.500. The van der Waals surface area contributed by atoms with Crippen LogP contribution in [0.4, 0.5) is 0 Å². The maximum Gasteiger partial charge on any atom is 0.326 e. The number of carboxylic acids is 1. The Balaban J connectivity index is 4.42. The fourth-order valence-corrected chi connectivity index (χ4v) is 1.34. The van der Waals surface area contributed by atoms with E-state index in [2.05, 4.69) is 18.5 Å². The molecular formula is C12H19NO3. The Morgan fingerprint density at radius 2 is 1.81 bits per heavy atom. The number of allylic oxidation sites excluding steroid dienone is 2. The predicted molar refractivity (Wildman–Crippen MR) is 63.0 cm³/mol. The third kappa shape index (κ3) is 4.77. The van der Waals surface area contributed by atoms with Crippen LogP contribution in [-0.4, -0.2) is 23.0 Å². The first kappa shape index (κ1) is 14.4. The quantitative estimate of drug-likeness (QED) is 0.618. The summed E-state index contributed by atoms with van der Waals surface area (Å²) in [6.07, 6.45) is 4.71. The molecule has 0 saturated heterocycles. The summed E-state index contributed by atoms with van der Waals surface area (Å²) in [5.41, 5.74) is 0. The Bertz CT molecular complexity index is 263. The molecule has 0 saturated carbocycles. The van der Waals surface area contributed by atoms with E-state index < -0.39 is 12.0 Å². The monoisotopic (exact) mass is 225 g/mol. The average molecular weight is 225 g/mol. The topological polar surface area (TPSA) is 66.4 Å². The first-order chi connectivity index (χ1) is 7.56. The number of hydrogen-bond donors (Lipinski definition) is 2. The molecule has 1 amide bonds. The van der Waals surface area contributed by atoms with E-state index in [0.29, 0.717) is 19.3 Å². The SMILES string of the molecule is C=CCC(CC=C)C(=O)NC(CC)C(=O)O. The minimum atomic E-state index is -1.01. The highest BCUT2D eigenvalue weighted by Crippen LogP contribution is 2.10. The van der Waals surface area contributed by atoms with Gasteiger partial charge in [-0.3, -0.25) is 4.79 Å². The number of rotatable bonds is 8. The molecule has 0 aromatic carbocycles. The van der Waals surface area contributed by atoms with Crippen LogP contribution in [0.3, 0.4) is 0 Å². The van der Waals surface area contributed by atoms with E-state index in [9.17, 15) is 9.59 Å². The Morgan fingerprint density at radius 1 is 1.31 bits per heavy atom. The third-order valence-electron chi connectivity index (χ3n) is 2.30. The van der Waals surface area contributed by atoms with Gasteiger partial charge in [-0.15, -0.1) is 13.2 Å². The highest BCUT2D eigenvalue weighted by molar-refractivity contribution is 5.85. The number of hydrogen-bond acceptors (Lipinski definition) is 2. The van der Waals surface area contributed by atoms with Gasteiger partial charge in [0.25, 0.3) is 0 Å². The molecule has 1 atom stereocenters. The van der Waals surface area contributed by atoms with Crippen molar-refractivity contribution in [3.63, 3.8) is 0 Å². The molecule has 0 aliphatic carbocycles. The Hall–Kier alpha value is -1.58. The first-order valence-corrected chi connectivity index (χ1v) is 5.31. The van der Waals surface area contributed by atoms with Crippen molar-refractivity contribution in [1.29, 1.82) is 0 Å². The van der Waals surface area contributed by atoms with Gasteiger partial charge in [-0.25, -0.2) is 4.79 Å². The lowest BCUT2D eigenvalue weighted by Crippen LogP contribution is -2.43. The summed E-state index contributed by atoms with van der Waals surface area (Å²) < 4.78 is 0. The van der Waals surface area contributed by atoms with Crippen LogP contribution < -0.4 is 5.32 Å². The zero-order valence-corrected chi connectivity index (χ0v) is 9.61. The number of nitrogens with one attached hydrogen (secondary N) is 1. The van der Waals surface area contributed by atoms with Crippen molar-refractivity contribution >= 4 is 11.9 Å². The highest BCUT2D eigenvalue weighted by Gasteiger charge is 2.22. The van der Waals surface area contributed by atoms with Crippen molar-refractivity contribution in [3.05, 3.63) is 25.3 Å². The van der Waals surface area contributed by atoms with Gasteiger partial charge < -0.3 is 10.4 Å². The summed E-state index contributed by atoms with van der Waals surface area (Å²) in [7, 11) is 0. The fourth-order valence-electron chi connectivity index (χ4n) is 1.34. The molecule has 0 aliphatic heterocycles. The van der Waals surface area contributed by atoms with E-state index in [0.717, 1.165) is 0 Å². The molecule has 0 aromatic heterocycles. The van der Waals surface area contributed by atoms with E-state index in [1.807, 2.05) is 0 Å². The van der Waals surface area contributed by atoms with Crippen LogP contribution >= 0.6 is 0 Å². The second kappa shape index (κ2) is 7.68. The van der Waals surface area contributed by atoms with Crippen LogP contribution in [-0.2, 0) is 9.59 Å². The number of aliphatic carboxylic acids is 1. The molecule has 0 rings (SSSR count). The van der Waals surface area contributed by atoms with Gasteiger partial charge in [-0.2, -0.15) is 0 Å². The Labute approximate surface area is 96.0 Å². The normalized spacial score (nSPS) is 11.9. The predicted octanol–water partition coefficient (Wildman–Crippen LogP) is 1.73. The largest absolute Gasteiger partial charge is 0.480 e. The molecule has 0 radical (unpaired) electrons. The molecule has 4 heteroatoms. The lowest BCUT2D eigenvalue weighted by molar-refractivity contribution is -0.142. The van der Waals surface area contributed by atoms with Gasteiger partial charge in [-0.1, -0.05) is 19.1 Å². The third-order valence-corrected chi connectivity index (χ3v) is 2.30. The summed E-state index contributed by atoms with van der Waals surface area (Å²) in [5, 5.41) is 11.3. The smallest absolute Gasteiger partial charge is 0.326 e. The van der Waals surface area contributed by atoms with Crippen molar-refractivity contribution in [2.24, 2.45) is 5.92 Å². The van der Waals surface area contributed by atoms with E-state index in [1.165, 1.54) is 0 Å². The van der Waals surface area contributed by atoms with Gasteiger partial charge >= 0.3 is 5.97 Å². The molecule has 0 bridgehead atoms. The molecule has 4 nitrogen and oxygen atoms in total. The molecule has 0 fully saturated rings. The highest BCUT2D eigenvalue weighted by atomic mass is 16.4. The standard InChI is InChI=1S/C12H19NO3/c1-4-7-9(8-5-2)11(14)13-10(6-3)12(15)16/h4-5,9-10H,1-2,6-8H2,3H3,(H,13,14)(H,15,16). The number of amides is 1. The second-order valence-electron chi connectivity index (χ2n) is 3.55. The maximum absolute atomic E-state index is 11.7. The summed E-state index contributed by atoms with van der Waals surface area (Å²) in [6, 6.07) is -0.815. The van der Waals surface area contributed by atoms with Gasteiger partial charge in [0, 0.05) is 5.92 Å². The first-order valence-electron chi connectivity index (χ1n) is 5.31. The summed E-state index contributed by atoms with van der Waals surface area (Å²) in [5.74, 6) is -1.54. The van der Waals surface area contributed by atoms with Gasteiger partial charge in [0.2, 0.25) is 5.91 Å². The molecule has 1 unspecified atom stereocenters. The van der Waals surface area contributed by atoms with Crippen molar-refractivity contribution in [2.75, 3.05) is 0 Å². The molecular weight excluding hydrogens is 206 g/mol. The van der Waals surface area contributed by atoms with Crippen LogP contribution in [0, 0.1) is 5.92 Å². The van der Waals surface area contributed by atoms with Crippen molar-refractivity contribution in [2.45, 2.75) is 32.2 Å². The zero-order valence-electron chi connectivity index (χ0n) is 9.61. The van der Waals surface area contributed by atoms with Gasteiger partial charge in [0.1, 0.15) is 6.04 Å². The summed E-state index contributed by atoms with van der Waals surface area (Å²) in [6.45, 7) is 8.86. The van der Waals surface area contributed by atoms with E-state index >= 15 is 0 Å². The van der Waals surface area contributed by atoms with Crippen molar-refractivity contribution < 1.29 is 14.7 Å². The molecule has 0 heterocycles. The molecule has 2 N–H and O–H groups in total. The van der Waals surface area contributed by atoms with E-state index in [4.69, 9.17) is 5.11 Å². The van der Waals surface area contributed by atoms with Gasteiger partial charge in [0.15, 0.2) is 0 Å². The number of carbonyl (C=O) groups excluding carboxylic acids is 1. The average Bonchev–Trinajstić information content (AvgIpc) is 2.24. The second-order valence-corrected chi connectivity index (χ2v) is 3.55. The lowest BCUT2D eigenvalue weighted by atomic mass is 10.00. The molecule has 0 aliphatic rings. The van der Waals surface area contributed by atoms with Crippen LogP contribution in [0.5, 0.6) is 0 Å². The van der Waals surface area contributed by atoms with Crippen molar-refractivity contribution in [1.82, 2.24) is 5.32 Å². The molecule has 90 valence electrons. The van der Waals surface area contributed by atoms with Crippen LogP contribution in [0.25, 0.3) is 0 Å². The van der Waals surface area contributed by atoms with Crippen LogP contribution in [0.15, 0.2) is 25.3 Å². The maximum atomic E-state index is 11.7.